The number of piperazine rings is 1. The van der Waals surface area contributed by atoms with Crippen LogP contribution < -0.4 is 5.73 Å². The largest absolute Gasteiger partial charge is 0.370 e. The van der Waals surface area contributed by atoms with Crippen molar-refractivity contribution in [2.24, 2.45) is 5.73 Å². The van der Waals surface area contributed by atoms with Gasteiger partial charge in [-0.15, -0.1) is 0 Å². The second-order valence-corrected chi connectivity index (χ2v) is 6.53. The number of nitrogens with two attached hydrogens (primary N) is 1. The Kier molecular flexibility index (Phi) is 3.77. The molecule has 1 aliphatic rings. The monoisotopic (exact) mass is 282 g/mol. The molecule has 0 bridgehead atoms. The summed E-state index contributed by atoms with van der Waals surface area (Å²) in [6, 6.07) is 6.83. The Bertz CT molecular complexity index is 560. The molecular formula is C12H18N4O2S. The molecule has 0 unspecified atom stereocenters. The lowest BCUT2D eigenvalue weighted by Crippen LogP contribution is -2.52. The van der Waals surface area contributed by atoms with Crippen LogP contribution in [-0.4, -0.2) is 49.8 Å². The summed E-state index contributed by atoms with van der Waals surface area (Å²) >= 11 is 0. The lowest BCUT2D eigenvalue weighted by molar-refractivity contribution is 0.263. The van der Waals surface area contributed by atoms with Gasteiger partial charge in [-0.1, -0.05) is 17.7 Å². The Hall–Kier alpha value is -1.60. The van der Waals surface area contributed by atoms with E-state index in [1.807, 2.05) is 6.92 Å². The zero-order valence-electron chi connectivity index (χ0n) is 10.8. The number of nitrogens with one attached hydrogen (secondary N) is 1. The Morgan fingerprint density at radius 3 is 2.16 bits per heavy atom. The molecule has 0 spiro atoms. The van der Waals surface area contributed by atoms with Crippen LogP contribution in [0.15, 0.2) is 29.2 Å². The summed E-state index contributed by atoms with van der Waals surface area (Å²) in [6.07, 6.45) is 0. The molecule has 1 heterocycles. The fraction of sp³-hybridized carbons (Fsp3) is 0.417. The Morgan fingerprint density at radius 1 is 1.16 bits per heavy atom. The molecule has 6 nitrogen and oxygen atoms in total. The number of benzene rings is 1. The Labute approximate surface area is 113 Å². The zero-order valence-corrected chi connectivity index (χ0v) is 11.7. The molecule has 0 saturated carbocycles. The SMILES string of the molecule is Cc1ccc(S(=O)(=O)N2CCN(C(=N)N)CC2)cc1. The van der Waals surface area contributed by atoms with Crippen LogP contribution in [0.2, 0.25) is 0 Å². The molecule has 2 rings (SSSR count). The average Bonchev–Trinajstić information content (AvgIpc) is 2.39. The van der Waals surface area contributed by atoms with Gasteiger partial charge in [0.05, 0.1) is 4.90 Å². The second kappa shape index (κ2) is 5.18. The summed E-state index contributed by atoms with van der Waals surface area (Å²) in [7, 11) is -3.43. The van der Waals surface area contributed by atoms with Crippen LogP contribution in [0.25, 0.3) is 0 Å². The number of guanidine groups is 1. The molecule has 0 amide bonds. The molecule has 19 heavy (non-hydrogen) atoms. The first-order valence-corrected chi connectivity index (χ1v) is 7.51. The van der Waals surface area contributed by atoms with Gasteiger partial charge in [-0.3, -0.25) is 5.41 Å². The first-order valence-electron chi connectivity index (χ1n) is 6.07. The van der Waals surface area contributed by atoms with E-state index in [1.54, 1.807) is 29.2 Å². The molecule has 1 aromatic carbocycles. The molecule has 104 valence electrons. The van der Waals surface area contributed by atoms with Gasteiger partial charge in [-0.25, -0.2) is 8.42 Å². The minimum Gasteiger partial charge on any atom is -0.370 e. The summed E-state index contributed by atoms with van der Waals surface area (Å²) in [5.74, 6) is -0.00705. The van der Waals surface area contributed by atoms with Gasteiger partial charge < -0.3 is 10.6 Å². The highest BCUT2D eigenvalue weighted by molar-refractivity contribution is 7.89. The Balaban J connectivity index is 2.14. The second-order valence-electron chi connectivity index (χ2n) is 4.59. The zero-order chi connectivity index (χ0) is 14.0. The average molecular weight is 282 g/mol. The third-order valence-corrected chi connectivity index (χ3v) is 5.15. The molecule has 3 N–H and O–H groups in total. The third kappa shape index (κ3) is 2.87. The van der Waals surface area contributed by atoms with Gasteiger partial charge in [0.15, 0.2) is 5.96 Å². The third-order valence-electron chi connectivity index (χ3n) is 3.24. The van der Waals surface area contributed by atoms with Crippen molar-refractivity contribution in [3.05, 3.63) is 29.8 Å². The summed E-state index contributed by atoms with van der Waals surface area (Å²) < 4.78 is 26.2. The first kappa shape index (κ1) is 13.8. The molecule has 0 atom stereocenters. The number of nitrogens with zero attached hydrogens (tertiary/aromatic N) is 2. The van der Waals surface area contributed by atoms with E-state index in [4.69, 9.17) is 11.1 Å². The van der Waals surface area contributed by atoms with E-state index in [1.165, 1.54) is 4.31 Å². The maximum Gasteiger partial charge on any atom is 0.243 e. The van der Waals surface area contributed by atoms with E-state index in [2.05, 4.69) is 0 Å². The molecule has 1 aromatic rings. The van der Waals surface area contributed by atoms with Gasteiger partial charge >= 0.3 is 0 Å². The molecule has 0 aromatic heterocycles. The molecule has 1 fully saturated rings. The lowest BCUT2D eigenvalue weighted by Gasteiger charge is -2.34. The van der Waals surface area contributed by atoms with Crippen molar-refractivity contribution in [1.29, 1.82) is 5.41 Å². The van der Waals surface area contributed by atoms with Crippen molar-refractivity contribution in [3.8, 4) is 0 Å². The number of aryl methyl sites for hydroxylation is 1. The summed E-state index contributed by atoms with van der Waals surface area (Å²) in [6.45, 7) is 3.55. The van der Waals surface area contributed by atoms with Crippen molar-refractivity contribution in [3.63, 3.8) is 0 Å². The van der Waals surface area contributed by atoms with Crippen molar-refractivity contribution >= 4 is 16.0 Å². The van der Waals surface area contributed by atoms with Crippen molar-refractivity contribution < 1.29 is 8.42 Å². The predicted molar refractivity (Wildman–Crippen MR) is 73.4 cm³/mol. The van der Waals surface area contributed by atoms with E-state index >= 15 is 0 Å². The van der Waals surface area contributed by atoms with E-state index in [9.17, 15) is 8.42 Å². The molecule has 0 aliphatic carbocycles. The minimum absolute atomic E-state index is 0.00705. The smallest absolute Gasteiger partial charge is 0.243 e. The maximum atomic E-state index is 12.4. The molecular weight excluding hydrogens is 264 g/mol. The van der Waals surface area contributed by atoms with E-state index < -0.39 is 10.0 Å². The predicted octanol–water partition coefficient (Wildman–Crippen LogP) is 0.195. The summed E-state index contributed by atoms with van der Waals surface area (Å²) in [4.78, 5) is 1.98. The van der Waals surface area contributed by atoms with Crippen LogP contribution in [0.1, 0.15) is 5.56 Å². The van der Waals surface area contributed by atoms with E-state index in [0.717, 1.165) is 5.56 Å². The fourth-order valence-electron chi connectivity index (χ4n) is 2.03. The normalized spacial score (nSPS) is 17.4. The van der Waals surface area contributed by atoms with Gasteiger partial charge in [0.25, 0.3) is 0 Å². The highest BCUT2D eigenvalue weighted by Gasteiger charge is 2.28. The fourth-order valence-corrected chi connectivity index (χ4v) is 3.45. The Morgan fingerprint density at radius 2 is 1.68 bits per heavy atom. The summed E-state index contributed by atoms with van der Waals surface area (Å²) in [5, 5.41) is 7.33. The molecule has 0 radical (unpaired) electrons. The van der Waals surface area contributed by atoms with E-state index in [0.29, 0.717) is 31.1 Å². The minimum atomic E-state index is -3.43. The van der Waals surface area contributed by atoms with Gasteiger partial charge in [0, 0.05) is 26.2 Å². The van der Waals surface area contributed by atoms with Crippen LogP contribution in [0, 0.1) is 12.3 Å². The number of rotatable bonds is 2. The van der Waals surface area contributed by atoms with Gasteiger partial charge in [-0.2, -0.15) is 4.31 Å². The number of sulfonamides is 1. The van der Waals surface area contributed by atoms with Crippen LogP contribution in [-0.2, 0) is 10.0 Å². The quantitative estimate of drug-likeness (QED) is 0.598. The maximum absolute atomic E-state index is 12.4. The van der Waals surface area contributed by atoms with E-state index in [-0.39, 0.29) is 5.96 Å². The van der Waals surface area contributed by atoms with Crippen LogP contribution >= 0.6 is 0 Å². The highest BCUT2D eigenvalue weighted by atomic mass is 32.2. The highest BCUT2D eigenvalue weighted by Crippen LogP contribution is 2.17. The number of hydrogen-bond acceptors (Lipinski definition) is 3. The van der Waals surface area contributed by atoms with Crippen molar-refractivity contribution in [1.82, 2.24) is 9.21 Å². The first-order chi connectivity index (χ1) is 8.91. The van der Waals surface area contributed by atoms with Gasteiger partial charge in [0.2, 0.25) is 10.0 Å². The van der Waals surface area contributed by atoms with Gasteiger partial charge in [-0.05, 0) is 19.1 Å². The lowest BCUT2D eigenvalue weighted by atomic mass is 10.2. The van der Waals surface area contributed by atoms with Crippen molar-refractivity contribution in [2.75, 3.05) is 26.2 Å². The molecule has 1 saturated heterocycles. The van der Waals surface area contributed by atoms with Crippen LogP contribution in [0.5, 0.6) is 0 Å². The topological polar surface area (TPSA) is 90.5 Å². The molecule has 7 heteroatoms. The molecule has 1 aliphatic heterocycles. The van der Waals surface area contributed by atoms with Crippen LogP contribution in [0.3, 0.4) is 0 Å². The van der Waals surface area contributed by atoms with Crippen LogP contribution in [0.4, 0.5) is 0 Å². The number of hydrogen-bond donors (Lipinski definition) is 2. The van der Waals surface area contributed by atoms with Crippen molar-refractivity contribution in [2.45, 2.75) is 11.8 Å². The van der Waals surface area contributed by atoms with Gasteiger partial charge in [0.1, 0.15) is 0 Å². The standard InChI is InChI=1S/C12H18N4O2S/c1-10-2-4-11(5-3-10)19(17,18)16-8-6-15(7-9-16)12(13)14/h2-5H,6-9H2,1H3,(H3,13,14). The summed E-state index contributed by atoms with van der Waals surface area (Å²) in [5.41, 5.74) is 6.42.